The largest absolute Gasteiger partial charge is 0.416 e. The first-order chi connectivity index (χ1) is 10.4. The van der Waals surface area contributed by atoms with E-state index in [2.05, 4.69) is 10.6 Å². The molecule has 0 atom stereocenters. The van der Waals surface area contributed by atoms with Crippen LogP contribution in [0.3, 0.4) is 0 Å². The molecule has 1 fully saturated rings. The van der Waals surface area contributed by atoms with Gasteiger partial charge in [-0.05, 0) is 31.0 Å². The minimum absolute atomic E-state index is 0.0117. The molecule has 2 N–H and O–H groups in total. The summed E-state index contributed by atoms with van der Waals surface area (Å²) in [5.74, 6) is -0.355. The highest BCUT2D eigenvalue weighted by molar-refractivity contribution is 6.33. The molecule has 0 saturated heterocycles. The zero-order chi connectivity index (χ0) is 16.2. The van der Waals surface area contributed by atoms with Gasteiger partial charge in [0.05, 0.1) is 16.3 Å². The average molecular weight is 335 g/mol. The van der Waals surface area contributed by atoms with Gasteiger partial charge in [-0.1, -0.05) is 24.4 Å². The summed E-state index contributed by atoms with van der Waals surface area (Å²) in [4.78, 5) is 11.8. The zero-order valence-electron chi connectivity index (χ0n) is 12.0. The van der Waals surface area contributed by atoms with Crippen molar-refractivity contribution in [1.29, 1.82) is 0 Å². The molecule has 1 amide bonds. The van der Waals surface area contributed by atoms with E-state index in [1.54, 1.807) is 0 Å². The van der Waals surface area contributed by atoms with Gasteiger partial charge in [-0.15, -0.1) is 0 Å². The van der Waals surface area contributed by atoms with Crippen LogP contribution < -0.4 is 10.6 Å². The fraction of sp³-hybridized carbons (Fsp3) is 0.533. The van der Waals surface area contributed by atoms with Crippen LogP contribution in [0.4, 0.5) is 18.9 Å². The van der Waals surface area contributed by atoms with Gasteiger partial charge in [0.25, 0.3) is 0 Å². The van der Waals surface area contributed by atoms with E-state index >= 15 is 0 Å². The Morgan fingerprint density at radius 1 is 1.27 bits per heavy atom. The highest BCUT2D eigenvalue weighted by atomic mass is 35.5. The molecule has 2 rings (SSSR count). The third kappa shape index (κ3) is 4.88. The number of alkyl halides is 3. The van der Waals surface area contributed by atoms with Gasteiger partial charge in [0.15, 0.2) is 0 Å². The molecular formula is C15H18ClF3N2O. The van der Waals surface area contributed by atoms with Crippen LogP contribution in [0.5, 0.6) is 0 Å². The maximum Gasteiger partial charge on any atom is 0.416 e. The Hall–Kier alpha value is -1.27. The molecule has 0 spiro atoms. The first-order valence-corrected chi connectivity index (χ1v) is 7.64. The number of anilines is 1. The second-order valence-corrected chi connectivity index (χ2v) is 5.83. The van der Waals surface area contributed by atoms with Crippen molar-refractivity contribution in [1.82, 2.24) is 5.32 Å². The molecule has 3 nitrogen and oxygen atoms in total. The fourth-order valence-corrected chi connectivity index (χ4v) is 2.69. The predicted octanol–water partition coefficient (Wildman–Crippen LogP) is 4.22. The van der Waals surface area contributed by atoms with Gasteiger partial charge in [-0.3, -0.25) is 4.79 Å². The van der Waals surface area contributed by atoms with Gasteiger partial charge in [0.2, 0.25) is 5.91 Å². The highest BCUT2D eigenvalue weighted by Crippen LogP contribution is 2.33. The number of carbonyl (C=O) groups excluding carboxylic acids is 1. The van der Waals surface area contributed by atoms with Crippen molar-refractivity contribution in [2.24, 2.45) is 0 Å². The topological polar surface area (TPSA) is 41.1 Å². The molecule has 1 aromatic carbocycles. The van der Waals surface area contributed by atoms with Crippen molar-refractivity contribution in [3.63, 3.8) is 0 Å². The molecule has 0 aliphatic heterocycles. The molecule has 1 aromatic rings. The van der Waals surface area contributed by atoms with E-state index in [-0.39, 0.29) is 23.0 Å². The standard InChI is InChI=1S/C15H18ClF3N2O/c16-12-6-5-10(15(17,18)19)9-13(12)21-14(22)7-8-20-11-3-1-2-4-11/h5-6,9,11,20H,1-4,7-8H2,(H,21,22). The van der Waals surface area contributed by atoms with Crippen LogP contribution in [0.25, 0.3) is 0 Å². The molecule has 0 unspecified atom stereocenters. The Bertz CT molecular complexity index is 528. The van der Waals surface area contributed by atoms with E-state index in [1.807, 2.05) is 0 Å². The van der Waals surface area contributed by atoms with Crippen molar-refractivity contribution < 1.29 is 18.0 Å². The van der Waals surface area contributed by atoms with E-state index < -0.39 is 11.7 Å². The summed E-state index contributed by atoms with van der Waals surface area (Å²) in [6.07, 6.45) is 0.354. The molecule has 0 radical (unpaired) electrons. The van der Waals surface area contributed by atoms with Crippen molar-refractivity contribution in [2.75, 3.05) is 11.9 Å². The maximum absolute atomic E-state index is 12.6. The Balaban J connectivity index is 1.87. The van der Waals surface area contributed by atoms with Crippen LogP contribution in [0, 0.1) is 0 Å². The van der Waals surface area contributed by atoms with Gasteiger partial charge < -0.3 is 10.6 Å². The van der Waals surface area contributed by atoms with Gasteiger partial charge in [-0.2, -0.15) is 13.2 Å². The molecule has 1 aliphatic carbocycles. The number of carbonyl (C=O) groups is 1. The lowest BCUT2D eigenvalue weighted by Gasteiger charge is -2.13. The molecular weight excluding hydrogens is 317 g/mol. The summed E-state index contributed by atoms with van der Waals surface area (Å²) >= 11 is 5.83. The number of hydrogen-bond donors (Lipinski definition) is 2. The molecule has 0 heterocycles. The molecule has 0 bridgehead atoms. The Morgan fingerprint density at radius 2 is 1.95 bits per heavy atom. The van der Waals surface area contributed by atoms with Gasteiger partial charge >= 0.3 is 6.18 Å². The van der Waals surface area contributed by atoms with Crippen LogP contribution in [-0.2, 0) is 11.0 Å². The lowest BCUT2D eigenvalue weighted by Crippen LogP contribution is -2.29. The van der Waals surface area contributed by atoms with Gasteiger partial charge in [0.1, 0.15) is 0 Å². The van der Waals surface area contributed by atoms with Crippen LogP contribution >= 0.6 is 11.6 Å². The molecule has 22 heavy (non-hydrogen) atoms. The number of rotatable bonds is 5. The summed E-state index contributed by atoms with van der Waals surface area (Å²) in [5, 5.41) is 5.80. The van der Waals surface area contributed by atoms with E-state index in [0.717, 1.165) is 31.0 Å². The number of hydrogen-bond acceptors (Lipinski definition) is 2. The smallest absolute Gasteiger partial charge is 0.325 e. The molecule has 1 aliphatic rings. The minimum atomic E-state index is -4.46. The zero-order valence-corrected chi connectivity index (χ0v) is 12.7. The molecule has 0 aromatic heterocycles. The molecule has 7 heteroatoms. The molecule has 1 saturated carbocycles. The number of benzene rings is 1. The Morgan fingerprint density at radius 3 is 2.59 bits per heavy atom. The quantitative estimate of drug-likeness (QED) is 0.846. The first kappa shape index (κ1) is 17.1. The minimum Gasteiger partial charge on any atom is -0.325 e. The van der Waals surface area contributed by atoms with Crippen molar-refractivity contribution >= 4 is 23.2 Å². The van der Waals surface area contributed by atoms with Crippen LogP contribution in [0.1, 0.15) is 37.7 Å². The third-order valence-corrected chi connectivity index (χ3v) is 4.04. The van der Waals surface area contributed by atoms with E-state index in [4.69, 9.17) is 11.6 Å². The summed E-state index contributed by atoms with van der Waals surface area (Å²) in [7, 11) is 0. The van der Waals surface area contributed by atoms with E-state index in [1.165, 1.54) is 12.8 Å². The van der Waals surface area contributed by atoms with E-state index in [0.29, 0.717) is 12.6 Å². The summed E-state index contributed by atoms with van der Waals surface area (Å²) in [5.41, 5.74) is -0.848. The van der Waals surface area contributed by atoms with Crippen LogP contribution in [0.2, 0.25) is 5.02 Å². The van der Waals surface area contributed by atoms with Gasteiger partial charge in [-0.25, -0.2) is 0 Å². The van der Waals surface area contributed by atoms with Crippen molar-refractivity contribution in [3.05, 3.63) is 28.8 Å². The van der Waals surface area contributed by atoms with Crippen molar-refractivity contribution in [2.45, 2.75) is 44.3 Å². The lowest BCUT2D eigenvalue weighted by molar-refractivity contribution is -0.137. The predicted molar refractivity (Wildman–Crippen MR) is 80.0 cm³/mol. The number of amides is 1. The second-order valence-electron chi connectivity index (χ2n) is 5.43. The lowest BCUT2D eigenvalue weighted by atomic mass is 10.2. The summed E-state index contributed by atoms with van der Waals surface area (Å²) in [6, 6.07) is 3.33. The second kappa shape index (κ2) is 7.33. The van der Waals surface area contributed by atoms with E-state index in [9.17, 15) is 18.0 Å². The highest BCUT2D eigenvalue weighted by Gasteiger charge is 2.31. The normalized spacial score (nSPS) is 16.0. The number of nitrogens with one attached hydrogen (secondary N) is 2. The first-order valence-electron chi connectivity index (χ1n) is 7.26. The number of halogens is 4. The Kier molecular flexibility index (Phi) is 5.69. The monoisotopic (exact) mass is 334 g/mol. The summed E-state index contributed by atoms with van der Waals surface area (Å²) < 4.78 is 37.9. The van der Waals surface area contributed by atoms with Crippen LogP contribution in [0.15, 0.2) is 18.2 Å². The fourth-order valence-electron chi connectivity index (χ4n) is 2.53. The van der Waals surface area contributed by atoms with Gasteiger partial charge in [0, 0.05) is 19.0 Å². The third-order valence-electron chi connectivity index (χ3n) is 3.71. The SMILES string of the molecule is O=C(CCNC1CCCC1)Nc1cc(C(F)(F)F)ccc1Cl. The van der Waals surface area contributed by atoms with Crippen molar-refractivity contribution in [3.8, 4) is 0 Å². The average Bonchev–Trinajstić information content (AvgIpc) is 2.93. The Labute approximate surface area is 132 Å². The maximum atomic E-state index is 12.6. The summed E-state index contributed by atoms with van der Waals surface area (Å²) in [6.45, 7) is 0.507. The molecule has 122 valence electrons. The van der Waals surface area contributed by atoms with Crippen LogP contribution in [-0.4, -0.2) is 18.5 Å².